The van der Waals surface area contributed by atoms with Gasteiger partial charge in [0.25, 0.3) is 0 Å². The highest BCUT2D eigenvalue weighted by Gasteiger charge is 2.21. The lowest BCUT2D eigenvalue weighted by Crippen LogP contribution is -2.36. The number of anilines is 1. The molecule has 2 aromatic rings. The molecule has 122 valence electrons. The van der Waals surface area contributed by atoms with Gasteiger partial charge in [-0.25, -0.2) is 9.98 Å². The van der Waals surface area contributed by atoms with Crippen molar-refractivity contribution in [2.45, 2.75) is 32.6 Å². The Morgan fingerprint density at radius 2 is 2.00 bits per heavy atom. The number of amides is 1. The van der Waals surface area contributed by atoms with E-state index >= 15 is 0 Å². The van der Waals surface area contributed by atoms with Crippen molar-refractivity contribution in [3.8, 4) is 0 Å². The summed E-state index contributed by atoms with van der Waals surface area (Å²) >= 11 is 3.33. The van der Waals surface area contributed by atoms with Crippen LogP contribution in [0.3, 0.4) is 0 Å². The van der Waals surface area contributed by atoms with Crippen LogP contribution in [-0.4, -0.2) is 37.2 Å². The molecule has 23 heavy (non-hydrogen) atoms. The van der Waals surface area contributed by atoms with Crippen LogP contribution in [0.4, 0.5) is 5.13 Å². The van der Waals surface area contributed by atoms with Crippen LogP contribution in [0.2, 0.25) is 0 Å². The molecule has 0 spiro atoms. The van der Waals surface area contributed by atoms with Crippen LogP contribution >= 0.6 is 22.7 Å². The lowest BCUT2D eigenvalue weighted by atomic mass is 9.97. The van der Waals surface area contributed by atoms with Crippen molar-refractivity contribution in [3.05, 3.63) is 15.1 Å². The Labute approximate surface area is 142 Å². The average molecular weight is 349 g/mol. The summed E-state index contributed by atoms with van der Waals surface area (Å²) in [5.41, 5.74) is 1.38. The molecule has 1 aliphatic carbocycles. The fourth-order valence-electron chi connectivity index (χ4n) is 3.21. The van der Waals surface area contributed by atoms with Crippen LogP contribution in [-0.2, 0) is 22.4 Å². The molecule has 1 saturated heterocycles. The van der Waals surface area contributed by atoms with Crippen LogP contribution in [0.1, 0.15) is 30.2 Å². The van der Waals surface area contributed by atoms with E-state index in [4.69, 9.17) is 9.72 Å². The van der Waals surface area contributed by atoms with Crippen molar-refractivity contribution in [3.63, 3.8) is 0 Å². The van der Waals surface area contributed by atoms with Gasteiger partial charge in [-0.3, -0.25) is 4.79 Å². The molecule has 0 unspecified atom stereocenters. The maximum atomic E-state index is 11.6. The van der Waals surface area contributed by atoms with E-state index in [2.05, 4.69) is 9.89 Å². The van der Waals surface area contributed by atoms with Gasteiger partial charge < -0.3 is 9.64 Å². The van der Waals surface area contributed by atoms with Gasteiger partial charge in [-0.05, 0) is 31.2 Å². The van der Waals surface area contributed by atoms with Gasteiger partial charge in [-0.2, -0.15) is 0 Å². The van der Waals surface area contributed by atoms with E-state index in [0.717, 1.165) is 59.2 Å². The predicted molar refractivity (Wildman–Crippen MR) is 93.4 cm³/mol. The molecular weight excluding hydrogens is 330 g/mol. The topological polar surface area (TPSA) is 54.8 Å². The maximum Gasteiger partial charge on any atom is 0.243 e. The number of hydrogen-bond acceptors (Lipinski definition) is 6. The first-order valence-electron chi connectivity index (χ1n) is 8.06. The minimum atomic E-state index is -0.141. The quantitative estimate of drug-likeness (QED) is 0.794. The highest BCUT2D eigenvalue weighted by molar-refractivity contribution is 7.20. The molecule has 1 fully saturated rings. The van der Waals surface area contributed by atoms with E-state index in [9.17, 15) is 4.79 Å². The summed E-state index contributed by atoms with van der Waals surface area (Å²) in [6.45, 7) is 4.67. The lowest BCUT2D eigenvalue weighted by Gasteiger charge is -2.27. The van der Waals surface area contributed by atoms with Crippen LogP contribution in [0.15, 0.2) is 4.99 Å². The summed E-state index contributed by atoms with van der Waals surface area (Å²) in [5, 5.41) is 2.08. The summed E-state index contributed by atoms with van der Waals surface area (Å²) in [6, 6.07) is 0. The van der Waals surface area contributed by atoms with Crippen LogP contribution < -0.4 is 9.57 Å². The van der Waals surface area contributed by atoms with E-state index in [1.54, 1.807) is 22.7 Å². The van der Waals surface area contributed by atoms with E-state index < -0.39 is 0 Å². The smallest absolute Gasteiger partial charge is 0.243 e. The van der Waals surface area contributed by atoms with Crippen molar-refractivity contribution in [1.82, 2.24) is 4.98 Å². The van der Waals surface area contributed by atoms with Crippen molar-refractivity contribution in [2.75, 3.05) is 31.2 Å². The zero-order valence-electron chi connectivity index (χ0n) is 13.1. The fraction of sp³-hybridized carbons (Fsp3) is 0.562. The number of fused-ring (bicyclic) bond motifs is 3. The maximum absolute atomic E-state index is 11.6. The van der Waals surface area contributed by atoms with Gasteiger partial charge >= 0.3 is 0 Å². The van der Waals surface area contributed by atoms with Crippen LogP contribution in [0.5, 0.6) is 0 Å². The number of thiophene rings is 1. The zero-order valence-corrected chi connectivity index (χ0v) is 14.8. The average Bonchev–Trinajstić information content (AvgIpc) is 2.93. The molecule has 1 amide bonds. The van der Waals surface area contributed by atoms with Gasteiger partial charge in [-0.1, -0.05) is 11.3 Å². The molecule has 0 bridgehead atoms. The molecule has 2 aromatic heterocycles. The molecule has 3 heterocycles. The highest BCUT2D eigenvalue weighted by Crippen LogP contribution is 2.35. The van der Waals surface area contributed by atoms with Crippen LogP contribution in [0, 0.1) is 0 Å². The molecule has 0 atom stereocenters. The first kappa shape index (κ1) is 15.2. The standard InChI is InChI=1S/C16H19N3O2S2/c1-10(20)17-14-13-11-4-2-3-5-12(11)22-15(13)18-16(23-14)19-6-8-21-9-7-19/h2-9H2,1H3. The first-order valence-corrected chi connectivity index (χ1v) is 9.69. The molecule has 2 aliphatic rings. The Kier molecular flexibility index (Phi) is 4.17. The minimum Gasteiger partial charge on any atom is -0.378 e. The molecule has 5 nitrogen and oxygen atoms in total. The SMILES string of the molecule is CC(=O)N=c1sc(N2CCOCC2)nc2sc3c(c12)CCCC3. The summed E-state index contributed by atoms with van der Waals surface area (Å²) < 4.78 is 6.27. The highest BCUT2D eigenvalue weighted by atomic mass is 32.1. The minimum absolute atomic E-state index is 0.141. The Morgan fingerprint density at radius 3 is 2.78 bits per heavy atom. The largest absolute Gasteiger partial charge is 0.378 e. The Balaban J connectivity index is 1.92. The third-order valence-corrected chi connectivity index (χ3v) is 6.50. The zero-order chi connectivity index (χ0) is 15.8. The van der Waals surface area contributed by atoms with Gasteiger partial charge in [0, 0.05) is 24.9 Å². The van der Waals surface area contributed by atoms with Crippen LogP contribution in [0.25, 0.3) is 10.2 Å². The third kappa shape index (κ3) is 2.93. The molecule has 0 N–H and O–H groups in total. The monoisotopic (exact) mass is 349 g/mol. The van der Waals surface area contributed by atoms with Crippen molar-refractivity contribution in [2.24, 2.45) is 4.99 Å². The van der Waals surface area contributed by atoms with Gasteiger partial charge in [0.2, 0.25) is 5.91 Å². The molecule has 1 aliphatic heterocycles. The molecule has 0 saturated carbocycles. The van der Waals surface area contributed by atoms with Crippen molar-refractivity contribution in [1.29, 1.82) is 0 Å². The molecule has 0 radical (unpaired) electrons. The summed E-state index contributed by atoms with van der Waals surface area (Å²) in [5.74, 6) is -0.141. The van der Waals surface area contributed by atoms with Gasteiger partial charge in [0.1, 0.15) is 9.50 Å². The van der Waals surface area contributed by atoms with Gasteiger partial charge in [-0.15, -0.1) is 11.3 Å². The van der Waals surface area contributed by atoms with Crippen molar-refractivity contribution < 1.29 is 9.53 Å². The van der Waals surface area contributed by atoms with Gasteiger partial charge in [0.15, 0.2) is 5.13 Å². The molecule has 7 heteroatoms. The second-order valence-corrected chi connectivity index (χ2v) is 7.96. The van der Waals surface area contributed by atoms with Crippen molar-refractivity contribution >= 4 is 43.9 Å². The molecule has 4 rings (SSSR count). The summed E-state index contributed by atoms with van der Waals surface area (Å²) in [6.07, 6.45) is 4.68. The number of carbonyl (C=O) groups is 1. The van der Waals surface area contributed by atoms with Gasteiger partial charge in [0.05, 0.1) is 18.6 Å². The van der Waals surface area contributed by atoms with E-state index in [-0.39, 0.29) is 5.91 Å². The number of morpholine rings is 1. The number of ether oxygens (including phenoxy) is 1. The number of aromatic nitrogens is 1. The molecular formula is C16H19N3O2S2. The Morgan fingerprint density at radius 1 is 1.22 bits per heavy atom. The Hall–Kier alpha value is -1.31. The number of aryl methyl sites for hydroxylation is 2. The normalized spacial score (nSPS) is 19.2. The first-order chi connectivity index (χ1) is 11.2. The molecule has 0 aromatic carbocycles. The summed E-state index contributed by atoms with van der Waals surface area (Å²) in [4.78, 5) is 25.6. The Bertz CT molecular complexity index is 819. The second kappa shape index (κ2) is 6.30. The predicted octanol–water partition coefficient (Wildman–Crippen LogP) is 2.52. The number of carbonyl (C=O) groups excluding carboxylic acids is 1. The third-order valence-electron chi connectivity index (χ3n) is 4.29. The lowest BCUT2D eigenvalue weighted by molar-refractivity contribution is -0.116. The second-order valence-electron chi connectivity index (χ2n) is 5.92. The number of rotatable bonds is 1. The summed E-state index contributed by atoms with van der Waals surface area (Å²) in [7, 11) is 0. The number of nitrogens with zero attached hydrogens (tertiary/aromatic N) is 3. The van der Waals surface area contributed by atoms with E-state index in [0.29, 0.717) is 0 Å². The number of hydrogen-bond donors (Lipinski definition) is 0. The van der Waals surface area contributed by atoms with E-state index in [1.165, 1.54) is 30.2 Å². The van der Waals surface area contributed by atoms with E-state index in [1.807, 2.05) is 0 Å². The fourth-order valence-corrected chi connectivity index (χ4v) is 5.71.